The Kier molecular flexibility index (Phi) is 6.14. The summed E-state index contributed by atoms with van der Waals surface area (Å²) in [6, 6.07) is 20.6. The van der Waals surface area contributed by atoms with Gasteiger partial charge in [0, 0.05) is 0 Å². The van der Waals surface area contributed by atoms with Gasteiger partial charge < -0.3 is 14.8 Å². The molecule has 0 radical (unpaired) electrons. The number of aromatic amines is 1. The topological polar surface area (TPSA) is 100 Å². The first-order chi connectivity index (χ1) is 13.8. The fourth-order valence-corrected chi connectivity index (χ4v) is 8.14. The molecule has 1 heterocycles. The van der Waals surface area contributed by atoms with E-state index < -0.39 is 14.4 Å². The molecule has 0 fully saturated rings. The molecular formula is C21H26N4O3Si. The van der Waals surface area contributed by atoms with E-state index in [9.17, 15) is 4.79 Å². The van der Waals surface area contributed by atoms with Gasteiger partial charge in [-0.15, -0.1) is 5.10 Å². The molecule has 0 aliphatic rings. The molecule has 152 valence electrons. The molecule has 0 unspecified atom stereocenters. The predicted molar refractivity (Wildman–Crippen MR) is 114 cm³/mol. The lowest BCUT2D eigenvalue weighted by molar-refractivity contribution is 0.193. The quantitative estimate of drug-likeness (QED) is 0.520. The predicted octanol–water partition coefficient (Wildman–Crippen LogP) is 2.65. The Labute approximate surface area is 171 Å². The van der Waals surface area contributed by atoms with Crippen molar-refractivity contribution in [3.8, 4) is 0 Å². The molecule has 1 amide bonds. The molecule has 0 spiro atoms. The lowest BCUT2D eigenvalue weighted by Gasteiger charge is -2.42. The van der Waals surface area contributed by atoms with Gasteiger partial charge in [-0.05, 0) is 15.4 Å². The van der Waals surface area contributed by atoms with Crippen molar-refractivity contribution < 1.29 is 14.3 Å². The number of nitrogens with one attached hydrogen (secondary N) is 2. The largest absolute Gasteiger partial charge is 0.465 e. The summed E-state index contributed by atoms with van der Waals surface area (Å²) >= 11 is 0. The number of benzene rings is 2. The average molecular weight is 411 g/mol. The summed E-state index contributed by atoms with van der Waals surface area (Å²) in [7, 11) is -2.69. The summed E-state index contributed by atoms with van der Waals surface area (Å²) < 4.78 is 6.80. The maximum absolute atomic E-state index is 10.8. The summed E-state index contributed by atoms with van der Waals surface area (Å²) in [5.41, 5.74) is 1.21. The van der Waals surface area contributed by atoms with Crippen LogP contribution in [-0.4, -0.2) is 34.9 Å². The SMILES string of the molecule is CC(C)(C)[Si](OCc1nn[nH]c1CNC(=O)O)(c1ccccc1)c1ccccc1. The van der Waals surface area contributed by atoms with Crippen LogP contribution in [0, 0.1) is 0 Å². The first kappa shape index (κ1) is 20.8. The molecule has 3 N–H and O–H groups in total. The fraction of sp³-hybridized carbons (Fsp3) is 0.286. The van der Waals surface area contributed by atoms with E-state index in [4.69, 9.17) is 9.53 Å². The molecule has 0 saturated heterocycles. The number of H-pyrrole nitrogens is 1. The maximum Gasteiger partial charge on any atom is 0.404 e. The third-order valence-corrected chi connectivity index (χ3v) is 9.95. The molecule has 0 atom stereocenters. The average Bonchev–Trinajstić information content (AvgIpc) is 3.15. The van der Waals surface area contributed by atoms with Crippen LogP contribution in [0.4, 0.5) is 4.79 Å². The van der Waals surface area contributed by atoms with Crippen molar-refractivity contribution in [1.29, 1.82) is 0 Å². The van der Waals surface area contributed by atoms with Gasteiger partial charge in [0.25, 0.3) is 8.32 Å². The minimum Gasteiger partial charge on any atom is -0.465 e. The number of hydrogen-bond acceptors (Lipinski definition) is 4. The van der Waals surface area contributed by atoms with E-state index in [1.165, 1.54) is 10.4 Å². The Morgan fingerprint density at radius 3 is 2.10 bits per heavy atom. The highest BCUT2D eigenvalue weighted by atomic mass is 28.4. The van der Waals surface area contributed by atoms with Crippen molar-refractivity contribution in [3.05, 3.63) is 72.1 Å². The maximum atomic E-state index is 10.8. The fourth-order valence-electron chi connectivity index (χ4n) is 3.63. The number of amides is 1. The third-order valence-electron chi connectivity index (χ3n) is 4.96. The lowest BCUT2D eigenvalue weighted by Crippen LogP contribution is -2.66. The van der Waals surface area contributed by atoms with Crippen molar-refractivity contribution in [1.82, 2.24) is 20.7 Å². The summed E-state index contributed by atoms with van der Waals surface area (Å²) in [5, 5.41) is 24.1. The van der Waals surface area contributed by atoms with E-state index in [2.05, 4.69) is 65.8 Å². The summed E-state index contributed by atoms with van der Waals surface area (Å²) in [6.45, 7) is 6.95. The number of nitrogens with zero attached hydrogens (tertiary/aromatic N) is 2. The highest BCUT2D eigenvalue weighted by molar-refractivity contribution is 6.99. The molecular weight excluding hydrogens is 384 g/mol. The van der Waals surface area contributed by atoms with Crippen molar-refractivity contribution in [2.24, 2.45) is 0 Å². The van der Waals surface area contributed by atoms with Gasteiger partial charge in [-0.2, -0.15) is 0 Å². The second-order valence-electron chi connectivity index (χ2n) is 7.85. The second kappa shape index (κ2) is 8.58. The molecule has 0 aliphatic heterocycles. The highest BCUT2D eigenvalue weighted by Gasteiger charge is 2.50. The van der Waals surface area contributed by atoms with Crippen LogP contribution in [0.5, 0.6) is 0 Å². The number of carbonyl (C=O) groups is 1. The number of carboxylic acid groups (broad SMARTS) is 1. The molecule has 7 nitrogen and oxygen atoms in total. The monoisotopic (exact) mass is 410 g/mol. The Morgan fingerprint density at radius 2 is 1.62 bits per heavy atom. The van der Waals surface area contributed by atoms with E-state index in [1.807, 2.05) is 36.4 Å². The van der Waals surface area contributed by atoms with Crippen molar-refractivity contribution in [3.63, 3.8) is 0 Å². The van der Waals surface area contributed by atoms with Crippen LogP contribution in [-0.2, 0) is 17.6 Å². The van der Waals surface area contributed by atoms with Gasteiger partial charge in [0.05, 0.1) is 18.8 Å². The summed E-state index contributed by atoms with van der Waals surface area (Å²) in [6.07, 6.45) is -1.10. The number of aromatic nitrogens is 3. The van der Waals surface area contributed by atoms with E-state index in [0.29, 0.717) is 11.4 Å². The first-order valence-electron chi connectivity index (χ1n) is 9.45. The standard InChI is InChI=1S/C21H26N4O3Si/c1-21(2,3)29(16-10-6-4-7-11-16,17-12-8-5-9-13-17)28-15-19-18(23-25-24-19)14-22-20(26)27/h4-13,22H,14-15H2,1-3H3,(H,26,27)(H,23,24,25). The second-order valence-corrected chi connectivity index (χ2v) is 12.2. The molecule has 0 bridgehead atoms. The van der Waals surface area contributed by atoms with Crippen LogP contribution < -0.4 is 15.7 Å². The highest BCUT2D eigenvalue weighted by Crippen LogP contribution is 2.37. The molecule has 3 aromatic rings. The van der Waals surface area contributed by atoms with Gasteiger partial charge in [0.1, 0.15) is 5.69 Å². The minimum atomic E-state index is -2.69. The van der Waals surface area contributed by atoms with Crippen LogP contribution in [0.1, 0.15) is 32.2 Å². The van der Waals surface area contributed by atoms with Crippen LogP contribution in [0.3, 0.4) is 0 Å². The van der Waals surface area contributed by atoms with Crippen molar-refractivity contribution in [2.45, 2.75) is 39.0 Å². The van der Waals surface area contributed by atoms with Crippen molar-refractivity contribution >= 4 is 24.8 Å². The molecule has 0 saturated carbocycles. The smallest absolute Gasteiger partial charge is 0.404 e. The summed E-state index contributed by atoms with van der Waals surface area (Å²) in [5.74, 6) is 0. The molecule has 1 aromatic heterocycles. The van der Waals surface area contributed by atoms with Gasteiger partial charge in [0.15, 0.2) is 0 Å². The van der Waals surface area contributed by atoms with Gasteiger partial charge in [-0.1, -0.05) is 86.6 Å². The molecule has 8 heteroatoms. The summed E-state index contributed by atoms with van der Waals surface area (Å²) in [4.78, 5) is 10.8. The van der Waals surface area contributed by atoms with Crippen LogP contribution in [0.2, 0.25) is 5.04 Å². The van der Waals surface area contributed by atoms with E-state index >= 15 is 0 Å². The van der Waals surface area contributed by atoms with Gasteiger partial charge in [0.2, 0.25) is 0 Å². The Hall–Kier alpha value is -2.97. The minimum absolute atomic E-state index is 0.0990. The Balaban J connectivity index is 2.01. The molecule has 29 heavy (non-hydrogen) atoms. The zero-order valence-corrected chi connectivity index (χ0v) is 17.8. The zero-order chi connectivity index (χ0) is 20.9. The van der Waals surface area contributed by atoms with Gasteiger partial charge in [-0.25, -0.2) is 4.79 Å². The van der Waals surface area contributed by atoms with Gasteiger partial charge >= 0.3 is 6.09 Å². The number of rotatable bonds is 7. The number of hydrogen-bond donors (Lipinski definition) is 3. The molecule has 2 aromatic carbocycles. The first-order valence-corrected chi connectivity index (χ1v) is 11.4. The normalized spacial score (nSPS) is 12.0. The van der Waals surface area contributed by atoms with Crippen LogP contribution >= 0.6 is 0 Å². The molecule has 0 aliphatic carbocycles. The Morgan fingerprint density at radius 1 is 1.07 bits per heavy atom. The third kappa shape index (κ3) is 4.38. The zero-order valence-electron chi connectivity index (χ0n) is 16.8. The lowest BCUT2D eigenvalue weighted by atomic mass is 10.2. The van der Waals surface area contributed by atoms with Crippen molar-refractivity contribution in [2.75, 3.05) is 0 Å². The molecule has 3 rings (SSSR count). The van der Waals surface area contributed by atoms with E-state index in [-0.39, 0.29) is 18.2 Å². The van der Waals surface area contributed by atoms with Crippen LogP contribution in [0.15, 0.2) is 60.7 Å². The van der Waals surface area contributed by atoms with E-state index in [0.717, 1.165) is 0 Å². The van der Waals surface area contributed by atoms with Crippen LogP contribution in [0.25, 0.3) is 0 Å². The van der Waals surface area contributed by atoms with Gasteiger partial charge in [-0.3, -0.25) is 5.10 Å². The van der Waals surface area contributed by atoms with E-state index in [1.54, 1.807) is 0 Å². The Bertz CT molecular complexity index is 900.